The Hall–Kier alpha value is -1.54. The van der Waals surface area contributed by atoms with E-state index in [0.29, 0.717) is 6.42 Å². The Morgan fingerprint density at radius 1 is 0.833 bits per heavy atom. The maximum Gasteiger partial charge on any atom is 0.695 e. The number of benzene rings is 2. The normalized spacial score (nSPS) is 12.6. The Bertz CT molecular complexity index is 762. The molecule has 4 heteroatoms. The number of unbranched alkanes of at least 4 members (excludes halogenated alkanes) is 4. The van der Waals surface area contributed by atoms with E-state index in [1.807, 2.05) is 24.3 Å². The van der Waals surface area contributed by atoms with Gasteiger partial charge in [0, 0.05) is 4.57 Å². The molecule has 1 atom stereocenters. The summed E-state index contributed by atoms with van der Waals surface area (Å²) in [5.41, 5.74) is 3.43. The minimum Gasteiger partial charge on any atom is -0.133 e. The Kier molecular flexibility index (Phi) is 9.68. The minimum absolute atomic E-state index is 0.284. The molecule has 3 nitrogen and oxygen atoms in total. The molecule has 0 heterocycles. The Morgan fingerprint density at radius 2 is 1.30 bits per heavy atom. The van der Waals surface area contributed by atoms with E-state index in [1.54, 1.807) is 0 Å². The Balaban J connectivity index is 2.70. The van der Waals surface area contributed by atoms with Crippen molar-refractivity contribution in [3.63, 3.8) is 0 Å². The summed E-state index contributed by atoms with van der Waals surface area (Å²) in [5, 5.41) is 0. The van der Waals surface area contributed by atoms with E-state index in [9.17, 15) is 9.46 Å². The van der Waals surface area contributed by atoms with Crippen LogP contribution >= 0.6 is 8.25 Å². The van der Waals surface area contributed by atoms with Crippen LogP contribution in [-0.2, 0) is 14.7 Å². The second-order valence-electron chi connectivity index (χ2n) is 8.80. The van der Waals surface area contributed by atoms with Crippen molar-refractivity contribution >= 4 is 8.25 Å². The van der Waals surface area contributed by atoms with Crippen LogP contribution in [0.4, 0.5) is 0 Å². The molecule has 0 spiro atoms. The highest BCUT2D eigenvalue weighted by Crippen LogP contribution is 2.48. The lowest BCUT2D eigenvalue weighted by molar-refractivity contribution is 0.0889. The molecule has 0 saturated carbocycles. The summed E-state index contributed by atoms with van der Waals surface area (Å²) in [6.45, 7) is 10.9. The van der Waals surface area contributed by atoms with Gasteiger partial charge in [-0.1, -0.05) is 109 Å². The van der Waals surface area contributed by atoms with Crippen LogP contribution in [0, 0.1) is 0 Å². The van der Waals surface area contributed by atoms with Gasteiger partial charge in [0.05, 0.1) is 0 Å². The maximum atomic E-state index is 12.2. The van der Waals surface area contributed by atoms with E-state index in [-0.39, 0.29) is 11.8 Å². The van der Waals surface area contributed by atoms with Gasteiger partial charge in [0.15, 0.2) is 5.60 Å². The molecule has 0 aliphatic heterocycles. The van der Waals surface area contributed by atoms with Crippen molar-refractivity contribution in [1.29, 1.82) is 0 Å². The van der Waals surface area contributed by atoms with E-state index >= 15 is 0 Å². The van der Waals surface area contributed by atoms with E-state index in [2.05, 4.69) is 58.9 Å². The lowest BCUT2D eigenvalue weighted by Gasteiger charge is -2.34. The zero-order valence-corrected chi connectivity index (χ0v) is 20.1. The maximum absolute atomic E-state index is 12.2. The quantitative estimate of drug-likeness (QED) is 0.273. The van der Waals surface area contributed by atoms with Crippen molar-refractivity contribution in [2.75, 3.05) is 0 Å². The SMILES string of the molecule is CCCCCCCC(O[P+](=O)O)(c1ccccc1C(C)C)c1ccccc1C(C)C. The molecule has 2 aromatic rings. The third kappa shape index (κ3) is 6.00. The summed E-state index contributed by atoms with van der Waals surface area (Å²) in [4.78, 5) is 10.00. The summed E-state index contributed by atoms with van der Waals surface area (Å²) in [6, 6.07) is 16.5. The van der Waals surface area contributed by atoms with Crippen LogP contribution in [0.1, 0.15) is 107 Å². The summed E-state index contributed by atoms with van der Waals surface area (Å²) in [6.07, 6.45) is 6.31. The first-order valence-corrected chi connectivity index (χ1v) is 12.5. The molecule has 0 bridgehead atoms. The van der Waals surface area contributed by atoms with Crippen molar-refractivity contribution < 1.29 is 14.0 Å². The molecule has 2 aromatic carbocycles. The average Bonchev–Trinajstić information content (AvgIpc) is 2.72. The molecule has 0 fully saturated rings. The predicted molar refractivity (Wildman–Crippen MR) is 126 cm³/mol. The highest BCUT2D eigenvalue weighted by atomic mass is 31.1. The van der Waals surface area contributed by atoms with E-state index in [0.717, 1.165) is 24.0 Å². The molecule has 1 unspecified atom stereocenters. The van der Waals surface area contributed by atoms with Crippen molar-refractivity contribution in [1.82, 2.24) is 0 Å². The van der Waals surface area contributed by atoms with Gasteiger partial charge in [-0.15, -0.1) is 9.42 Å². The van der Waals surface area contributed by atoms with Crippen LogP contribution in [0.25, 0.3) is 0 Å². The van der Waals surface area contributed by atoms with Gasteiger partial charge in [-0.2, -0.15) is 0 Å². The molecule has 1 N–H and O–H groups in total. The van der Waals surface area contributed by atoms with E-state index < -0.39 is 13.9 Å². The van der Waals surface area contributed by atoms with Crippen LogP contribution in [0.5, 0.6) is 0 Å². The van der Waals surface area contributed by atoms with Crippen molar-refractivity contribution in [2.24, 2.45) is 0 Å². The van der Waals surface area contributed by atoms with Crippen molar-refractivity contribution in [3.05, 3.63) is 70.8 Å². The topological polar surface area (TPSA) is 46.5 Å². The fourth-order valence-corrected chi connectivity index (χ4v) is 4.96. The lowest BCUT2D eigenvalue weighted by Crippen LogP contribution is -2.32. The molecule has 0 aromatic heterocycles. The standard InChI is InChI=1S/C26H37O3P/c1-6-7-8-9-14-19-26(29-30(27)28,24-17-12-10-15-22(24)20(2)3)25-18-13-11-16-23(25)21(4)5/h10-13,15-18,20-21H,6-9,14,19H2,1-5H3/p+1. The van der Waals surface area contributed by atoms with Gasteiger partial charge in [0.2, 0.25) is 0 Å². The molecule has 164 valence electrons. The lowest BCUT2D eigenvalue weighted by atomic mass is 9.75. The van der Waals surface area contributed by atoms with E-state index in [4.69, 9.17) is 4.52 Å². The van der Waals surface area contributed by atoms with Gasteiger partial charge in [-0.05, 0) is 46.9 Å². The average molecular weight is 430 g/mol. The number of rotatable bonds is 12. The first-order chi connectivity index (χ1) is 14.3. The largest absolute Gasteiger partial charge is 0.695 e. The zero-order chi connectivity index (χ0) is 22.1. The molecule has 0 aliphatic rings. The zero-order valence-electron chi connectivity index (χ0n) is 19.2. The number of hydrogen-bond donors (Lipinski definition) is 1. The van der Waals surface area contributed by atoms with Crippen LogP contribution in [0.15, 0.2) is 48.5 Å². The summed E-state index contributed by atoms with van der Waals surface area (Å²) >= 11 is 0. The summed E-state index contributed by atoms with van der Waals surface area (Å²) in [7, 11) is -2.78. The van der Waals surface area contributed by atoms with Crippen molar-refractivity contribution in [2.45, 2.75) is 90.6 Å². The first-order valence-electron chi connectivity index (χ1n) is 11.4. The molecular weight excluding hydrogens is 391 g/mol. The highest BCUT2D eigenvalue weighted by molar-refractivity contribution is 7.32. The highest BCUT2D eigenvalue weighted by Gasteiger charge is 2.46. The molecule has 2 rings (SSSR count). The van der Waals surface area contributed by atoms with Gasteiger partial charge in [0.1, 0.15) is 0 Å². The fraction of sp³-hybridized carbons (Fsp3) is 0.538. The molecule has 0 saturated heterocycles. The summed E-state index contributed by atoms with van der Waals surface area (Å²) in [5.74, 6) is 0.569. The third-order valence-corrected chi connectivity index (χ3v) is 6.37. The van der Waals surface area contributed by atoms with Crippen LogP contribution < -0.4 is 0 Å². The van der Waals surface area contributed by atoms with Crippen LogP contribution in [0.3, 0.4) is 0 Å². The summed E-state index contributed by atoms with van der Waals surface area (Å²) < 4.78 is 18.2. The second-order valence-corrected chi connectivity index (χ2v) is 9.46. The number of hydrogen-bond acceptors (Lipinski definition) is 2. The van der Waals surface area contributed by atoms with Gasteiger partial charge in [-0.3, -0.25) is 0 Å². The van der Waals surface area contributed by atoms with Gasteiger partial charge in [-0.25, -0.2) is 0 Å². The van der Waals surface area contributed by atoms with Gasteiger partial charge in [0.25, 0.3) is 0 Å². The van der Waals surface area contributed by atoms with Crippen LogP contribution in [-0.4, -0.2) is 4.89 Å². The van der Waals surface area contributed by atoms with Gasteiger partial charge < -0.3 is 0 Å². The third-order valence-electron chi connectivity index (χ3n) is 5.90. The van der Waals surface area contributed by atoms with E-state index in [1.165, 1.54) is 30.4 Å². The molecule has 0 amide bonds. The van der Waals surface area contributed by atoms with Gasteiger partial charge >= 0.3 is 8.25 Å². The fourth-order valence-electron chi connectivity index (χ4n) is 4.41. The predicted octanol–water partition coefficient (Wildman–Crippen LogP) is 8.20. The molecular formula is C26H38O3P+. The monoisotopic (exact) mass is 429 g/mol. The second kappa shape index (κ2) is 11.7. The Labute approximate surface area is 183 Å². The Morgan fingerprint density at radius 3 is 1.73 bits per heavy atom. The first kappa shape index (κ1) is 24.7. The van der Waals surface area contributed by atoms with Crippen LogP contribution in [0.2, 0.25) is 0 Å². The molecule has 0 aliphatic carbocycles. The minimum atomic E-state index is -2.78. The molecule has 0 radical (unpaired) electrons. The smallest absolute Gasteiger partial charge is 0.133 e. The van der Waals surface area contributed by atoms with Crippen molar-refractivity contribution in [3.8, 4) is 0 Å². The molecule has 30 heavy (non-hydrogen) atoms.